The number of Topliss-reactive ketones (excluding diaryl/α,β-unsaturated/α-hetero) is 1. The second-order valence-electron chi connectivity index (χ2n) is 7.49. The highest BCUT2D eigenvalue weighted by molar-refractivity contribution is 9.10. The maximum atomic E-state index is 13.1. The van der Waals surface area contributed by atoms with E-state index in [0.29, 0.717) is 16.3 Å². The van der Waals surface area contributed by atoms with Gasteiger partial charge in [-0.2, -0.15) is 0 Å². The maximum absolute atomic E-state index is 13.1. The van der Waals surface area contributed by atoms with E-state index in [1.165, 1.54) is 16.2 Å². The summed E-state index contributed by atoms with van der Waals surface area (Å²) in [6.45, 7) is 1.98. The number of aromatic nitrogens is 1. The number of anilines is 1. The summed E-state index contributed by atoms with van der Waals surface area (Å²) in [5, 5.41) is 13.4. The van der Waals surface area contributed by atoms with E-state index in [0.717, 1.165) is 22.2 Å². The van der Waals surface area contributed by atoms with Gasteiger partial charge in [-0.25, -0.2) is 4.98 Å². The molecule has 2 unspecified atom stereocenters. The van der Waals surface area contributed by atoms with Gasteiger partial charge in [0, 0.05) is 28.0 Å². The average molecular weight is 497 g/mol. The first kappa shape index (κ1) is 20.0. The number of halogens is 1. The Kier molecular flexibility index (Phi) is 4.91. The van der Waals surface area contributed by atoms with Crippen LogP contribution >= 0.6 is 27.3 Å². The van der Waals surface area contributed by atoms with Crippen LogP contribution in [-0.2, 0) is 16.0 Å². The van der Waals surface area contributed by atoms with Crippen molar-refractivity contribution < 1.29 is 19.4 Å². The number of hydrogen-bond acceptors (Lipinski definition) is 6. The van der Waals surface area contributed by atoms with Gasteiger partial charge in [0.2, 0.25) is 0 Å². The number of carbonyl (C=O) groups is 2. The third-order valence-electron chi connectivity index (χ3n) is 5.40. The van der Waals surface area contributed by atoms with Crippen LogP contribution in [0, 0.1) is 0 Å². The Morgan fingerprint density at radius 1 is 1.26 bits per heavy atom. The Balaban J connectivity index is 1.69. The molecule has 1 saturated heterocycles. The summed E-state index contributed by atoms with van der Waals surface area (Å²) < 4.78 is 6.54. The molecule has 3 heterocycles. The van der Waals surface area contributed by atoms with Gasteiger partial charge in [0.15, 0.2) is 5.13 Å². The van der Waals surface area contributed by atoms with Gasteiger partial charge < -0.3 is 9.84 Å². The lowest BCUT2D eigenvalue weighted by molar-refractivity contribution is -0.132. The van der Waals surface area contributed by atoms with E-state index in [1.54, 1.807) is 23.7 Å². The lowest BCUT2D eigenvalue weighted by Gasteiger charge is -2.23. The van der Waals surface area contributed by atoms with Gasteiger partial charge in [0.05, 0.1) is 11.6 Å². The number of hydrogen-bond donors (Lipinski definition) is 1. The van der Waals surface area contributed by atoms with Crippen LogP contribution in [0.5, 0.6) is 5.75 Å². The van der Waals surface area contributed by atoms with Crippen LogP contribution < -0.4 is 9.64 Å². The molecule has 1 aromatic heterocycles. The highest BCUT2D eigenvalue weighted by Crippen LogP contribution is 2.43. The first-order valence-corrected chi connectivity index (χ1v) is 11.4. The van der Waals surface area contributed by atoms with E-state index < -0.39 is 17.7 Å². The molecule has 3 aromatic rings. The summed E-state index contributed by atoms with van der Waals surface area (Å²) >= 11 is 4.72. The Bertz CT molecular complexity index is 1240. The third kappa shape index (κ3) is 3.36. The minimum atomic E-state index is -0.785. The van der Waals surface area contributed by atoms with Crippen LogP contribution in [0.15, 0.2) is 64.1 Å². The number of aliphatic hydroxyl groups is 1. The summed E-state index contributed by atoms with van der Waals surface area (Å²) in [5.74, 6) is -0.872. The van der Waals surface area contributed by atoms with Crippen molar-refractivity contribution in [1.82, 2.24) is 4.98 Å². The number of ketones is 1. The average Bonchev–Trinajstić information content (AvgIpc) is 3.45. The molecule has 0 radical (unpaired) electrons. The largest absolute Gasteiger partial charge is 0.507 e. The van der Waals surface area contributed by atoms with Crippen LogP contribution in [0.3, 0.4) is 0 Å². The van der Waals surface area contributed by atoms with Gasteiger partial charge in [0.25, 0.3) is 5.78 Å². The third-order valence-corrected chi connectivity index (χ3v) is 6.67. The van der Waals surface area contributed by atoms with Crippen molar-refractivity contribution >= 4 is 49.8 Å². The molecule has 2 aromatic carbocycles. The quantitative estimate of drug-likeness (QED) is 0.318. The lowest BCUT2D eigenvalue weighted by atomic mass is 9.94. The van der Waals surface area contributed by atoms with E-state index in [9.17, 15) is 14.7 Å². The molecule has 0 spiro atoms. The summed E-state index contributed by atoms with van der Waals surface area (Å²) in [6.07, 6.45) is 2.36. The number of nitrogens with zero attached hydrogens (tertiary/aromatic N) is 2. The first-order chi connectivity index (χ1) is 14.9. The second-order valence-corrected chi connectivity index (χ2v) is 9.28. The van der Waals surface area contributed by atoms with Gasteiger partial charge in [-0.15, -0.1) is 11.3 Å². The van der Waals surface area contributed by atoms with Gasteiger partial charge >= 0.3 is 5.91 Å². The highest BCUT2D eigenvalue weighted by atomic mass is 79.9. The first-order valence-electron chi connectivity index (χ1n) is 9.70. The molecule has 0 saturated carbocycles. The van der Waals surface area contributed by atoms with E-state index in [-0.39, 0.29) is 17.4 Å². The van der Waals surface area contributed by atoms with Crippen molar-refractivity contribution in [3.05, 3.63) is 80.8 Å². The smallest absolute Gasteiger partial charge is 0.301 e. The molecule has 1 N–H and O–H groups in total. The molecule has 156 valence electrons. The molecule has 1 amide bonds. The maximum Gasteiger partial charge on any atom is 0.301 e. The van der Waals surface area contributed by atoms with Crippen LogP contribution in [0.1, 0.15) is 29.7 Å². The molecule has 1 fully saturated rings. The SMILES string of the molecule is CC1Cc2cc(/C(O)=C3/C(=O)C(=O)N(c4nccs4)C3c3cccc(Br)c3)ccc2O1. The number of rotatable bonds is 3. The Morgan fingerprint density at radius 3 is 2.84 bits per heavy atom. The van der Waals surface area contributed by atoms with Crippen molar-refractivity contribution in [3.8, 4) is 5.75 Å². The number of fused-ring (bicyclic) bond motifs is 1. The molecule has 31 heavy (non-hydrogen) atoms. The molecular weight excluding hydrogens is 480 g/mol. The van der Waals surface area contributed by atoms with E-state index >= 15 is 0 Å². The highest BCUT2D eigenvalue weighted by Gasteiger charge is 2.48. The number of benzene rings is 2. The Labute approximate surface area is 190 Å². The standard InChI is InChI=1S/C23H17BrN2O4S/c1-12-9-15-10-14(5-6-17(15)30-12)20(27)18-19(13-3-2-4-16(24)11-13)26(22(29)21(18)28)23-25-7-8-31-23/h2-8,10-12,19,27H,9H2,1H3/b20-18-. The zero-order valence-electron chi connectivity index (χ0n) is 16.4. The normalized spacial score (nSPS) is 21.9. The van der Waals surface area contributed by atoms with E-state index in [4.69, 9.17) is 4.74 Å². The minimum absolute atomic E-state index is 0.0465. The molecule has 0 aliphatic carbocycles. The number of carbonyl (C=O) groups excluding carboxylic acids is 2. The van der Waals surface area contributed by atoms with Crippen molar-refractivity contribution in [1.29, 1.82) is 0 Å². The van der Waals surface area contributed by atoms with Crippen LogP contribution in [0.4, 0.5) is 5.13 Å². The molecule has 5 rings (SSSR count). The predicted molar refractivity (Wildman–Crippen MR) is 121 cm³/mol. The number of ether oxygens (including phenoxy) is 1. The zero-order chi connectivity index (χ0) is 21.7. The van der Waals surface area contributed by atoms with Crippen LogP contribution in [0.25, 0.3) is 5.76 Å². The fourth-order valence-electron chi connectivity index (χ4n) is 4.08. The predicted octanol–water partition coefficient (Wildman–Crippen LogP) is 4.86. The van der Waals surface area contributed by atoms with E-state index in [1.807, 2.05) is 37.3 Å². The molecule has 2 aliphatic rings. The van der Waals surface area contributed by atoms with Gasteiger partial charge in [0.1, 0.15) is 17.6 Å². The Hall–Kier alpha value is -2.97. The molecule has 2 aliphatic heterocycles. The summed E-state index contributed by atoms with van der Waals surface area (Å²) in [4.78, 5) is 31.7. The fourth-order valence-corrected chi connectivity index (χ4v) is 5.17. The monoisotopic (exact) mass is 496 g/mol. The van der Waals surface area contributed by atoms with Gasteiger partial charge in [-0.1, -0.05) is 28.1 Å². The van der Waals surface area contributed by atoms with Crippen molar-refractivity contribution in [2.24, 2.45) is 0 Å². The van der Waals surface area contributed by atoms with Crippen LogP contribution in [-0.4, -0.2) is 27.9 Å². The van der Waals surface area contributed by atoms with Crippen molar-refractivity contribution in [2.45, 2.75) is 25.5 Å². The number of thiazole rings is 1. The number of amides is 1. The zero-order valence-corrected chi connectivity index (χ0v) is 18.8. The molecule has 2 atom stereocenters. The fraction of sp³-hybridized carbons (Fsp3) is 0.174. The minimum Gasteiger partial charge on any atom is -0.507 e. The van der Waals surface area contributed by atoms with Crippen molar-refractivity contribution in [3.63, 3.8) is 0 Å². The summed E-state index contributed by atoms with van der Waals surface area (Å²) in [7, 11) is 0. The number of aliphatic hydroxyl groups excluding tert-OH is 1. The summed E-state index contributed by atoms with van der Waals surface area (Å²) in [5.41, 5.74) is 2.19. The molecular formula is C23H17BrN2O4S. The second kappa shape index (κ2) is 7.62. The summed E-state index contributed by atoms with van der Waals surface area (Å²) in [6, 6.07) is 11.9. The van der Waals surface area contributed by atoms with Gasteiger partial charge in [-0.05, 0) is 48.4 Å². The van der Waals surface area contributed by atoms with Gasteiger partial charge in [-0.3, -0.25) is 14.5 Å². The van der Waals surface area contributed by atoms with Crippen molar-refractivity contribution in [2.75, 3.05) is 4.90 Å². The molecule has 8 heteroatoms. The topological polar surface area (TPSA) is 79.7 Å². The molecule has 0 bridgehead atoms. The lowest BCUT2D eigenvalue weighted by Crippen LogP contribution is -2.29. The van der Waals surface area contributed by atoms with E-state index in [2.05, 4.69) is 20.9 Å². The molecule has 6 nitrogen and oxygen atoms in total. The Morgan fingerprint density at radius 2 is 2.10 bits per heavy atom. The van der Waals surface area contributed by atoms with Crippen LogP contribution in [0.2, 0.25) is 0 Å².